The number of methoxy groups -OCH3 is 1. The van der Waals surface area contributed by atoms with E-state index in [4.69, 9.17) is 4.74 Å². The second kappa shape index (κ2) is 8.82. The first-order chi connectivity index (χ1) is 13.9. The minimum Gasteiger partial charge on any atom is -0.495 e. The highest BCUT2D eigenvalue weighted by Gasteiger charge is 2.30. The van der Waals surface area contributed by atoms with Crippen LogP contribution in [0.4, 0.5) is 18.9 Å². The Bertz CT molecular complexity index is 954. The number of benzene rings is 3. The molecule has 0 saturated carbocycles. The van der Waals surface area contributed by atoms with Crippen molar-refractivity contribution in [3.05, 3.63) is 95.6 Å². The zero-order valence-corrected chi connectivity index (χ0v) is 15.7. The molecular formula is C23H20F3NO2. The molecule has 0 heterocycles. The molecule has 0 amide bonds. The number of carbonyl (C=O) groups excluding carboxylic acids is 1. The molecule has 0 spiro atoms. The highest BCUT2D eigenvalue weighted by Crippen LogP contribution is 2.33. The van der Waals surface area contributed by atoms with Crippen molar-refractivity contribution in [2.24, 2.45) is 0 Å². The highest BCUT2D eigenvalue weighted by atomic mass is 19.4. The normalized spacial score (nSPS) is 12.3. The van der Waals surface area contributed by atoms with Crippen molar-refractivity contribution in [2.45, 2.75) is 18.6 Å². The number of ketones is 1. The van der Waals surface area contributed by atoms with Crippen molar-refractivity contribution >= 4 is 11.5 Å². The standard InChI is InChI=1S/C23H20F3NO2/c1-29-22-10-6-5-9-19(22)27-20(15-21(28)17-7-3-2-4-8-17)16-11-13-18(14-12-16)23(24,25)26/h2-14,20,27H,15H2,1H3. The minimum atomic E-state index is -4.41. The molecule has 0 fully saturated rings. The molecule has 3 rings (SSSR count). The Morgan fingerprint density at radius 1 is 0.931 bits per heavy atom. The molecule has 6 heteroatoms. The maximum atomic E-state index is 12.9. The third-order valence-electron chi connectivity index (χ3n) is 4.56. The van der Waals surface area contributed by atoms with Gasteiger partial charge in [-0.25, -0.2) is 0 Å². The Labute approximate surface area is 167 Å². The maximum absolute atomic E-state index is 12.9. The molecule has 3 aromatic rings. The van der Waals surface area contributed by atoms with Gasteiger partial charge in [-0.2, -0.15) is 13.2 Å². The van der Waals surface area contributed by atoms with E-state index in [2.05, 4.69) is 5.32 Å². The van der Waals surface area contributed by atoms with Gasteiger partial charge in [0.25, 0.3) is 0 Å². The van der Waals surface area contributed by atoms with Gasteiger partial charge < -0.3 is 10.1 Å². The molecule has 0 saturated heterocycles. The maximum Gasteiger partial charge on any atom is 0.416 e. The molecule has 1 unspecified atom stereocenters. The Hall–Kier alpha value is -3.28. The lowest BCUT2D eigenvalue weighted by Gasteiger charge is -2.22. The van der Waals surface area contributed by atoms with E-state index in [1.165, 1.54) is 19.2 Å². The van der Waals surface area contributed by atoms with Crippen LogP contribution >= 0.6 is 0 Å². The summed E-state index contributed by atoms with van der Waals surface area (Å²) in [5.41, 5.74) is 1.05. The van der Waals surface area contributed by atoms with Gasteiger partial charge in [0.2, 0.25) is 0 Å². The van der Waals surface area contributed by atoms with Gasteiger partial charge in [0.05, 0.1) is 24.4 Å². The molecule has 0 aliphatic rings. The molecule has 0 aromatic heterocycles. The van der Waals surface area contributed by atoms with Crippen LogP contribution in [0.15, 0.2) is 78.9 Å². The van der Waals surface area contributed by atoms with Crippen molar-refractivity contribution in [3.8, 4) is 5.75 Å². The number of anilines is 1. The second-order valence-corrected chi connectivity index (χ2v) is 6.51. The van der Waals surface area contributed by atoms with Crippen LogP contribution < -0.4 is 10.1 Å². The van der Waals surface area contributed by atoms with Crippen molar-refractivity contribution in [3.63, 3.8) is 0 Å². The smallest absolute Gasteiger partial charge is 0.416 e. The first-order valence-corrected chi connectivity index (χ1v) is 9.03. The molecule has 0 bridgehead atoms. The van der Waals surface area contributed by atoms with Gasteiger partial charge in [-0.15, -0.1) is 0 Å². The molecule has 3 nitrogen and oxygen atoms in total. The minimum absolute atomic E-state index is 0.0768. The van der Waals surface area contributed by atoms with Crippen molar-refractivity contribution in [1.29, 1.82) is 0 Å². The SMILES string of the molecule is COc1ccccc1NC(CC(=O)c1ccccc1)c1ccc(C(F)(F)F)cc1. The summed E-state index contributed by atoms with van der Waals surface area (Å²) < 4.78 is 44.1. The number of ether oxygens (including phenoxy) is 1. The molecule has 0 aliphatic carbocycles. The summed E-state index contributed by atoms with van der Waals surface area (Å²) in [5, 5.41) is 3.25. The molecule has 150 valence electrons. The predicted molar refractivity (Wildman–Crippen MR) is 106 cm³/mol. The number of nitrogens with one attached hydrogen (secondary N) is 1. The topological polar surface area (TPSA) is 38.3 Å². The fourth-order valence-electron chi connectivity index (χ4n) is 3.04. The second-order valence-electron chi connectivity index (χ2n) is 6.51. The van der Waals surface area contributed by atoms with Crippen LogP contribution in [0.25, 0.3) is 0 Å². The average molecular weight is 399 g/mol. The predicted octanol–water partition coefficient (Wildman–Crippen LogP) is 6.14. The van der Waals surface area contributed by atoms with Crippen LogP contribution in [0, 0.1) is 0 Å². The van der Waals surface area contributed by atoms with E-state index in [0.717, 1.165) is 12.1 Å². The Morgan fingerprint density at radius 2 is 1.55 bits per heavy atom. The fraction of sp³-hybridized carbons (Fsp3) is 0.174. The van der Waals surface area contributed by atoms with Crippen LogP contribution in [0.3, 0.4) is 0 Å². The van der Waals surface area contributed by atoms with Gasteiger partial charge in [0.15, 0.2) is 5.78 Å². The Balaban J connectivity index is 1.91. The lowest BCUT2D eigenvalue weighted by molar-refractivity contribution is -0.137. The number of alkyl halides is 3. The lowest BCUT2D eigenvalue weighted by atomic mass is 9.96. The molecule has 1 atom stereocenters. The number of hydrogen-bond donors (Lipinski definition) is 1. The van der Waals surface area contributed by atoms with Gasteiger partial charge in [0, 0.05) is 12.0 Å². The largest absolute Gasteiger partial charge is 0.495 e. The van der Waals surface area contributed by atoms with Crippen molar-refractivity contribution in [1.82, 2.24) is 0 Å². The van der Waals surface area contributed by atoms with E-state index in [1.807, 2.05) is 18.2 Å². The number of halogens is 3. The van der Waals surface area contributed by atoms with Crippen LogP contribution in [0.5, 0.6) is 5.75 Å². The van der Waals surface area contributed by atoms with Crippen LogP contribution in [0.2, 0.25) is 0 Å². The van der Waals surface area contributed by atoms with Gasteiger partial charge >= 0.3 is 6.18 Å². The molecular weight excluding hydrogens is 379 g/mol. The van der Waals surface area contributed by atoms with Gasteiger partial charge in [-0.3, -0.25) is 4.79 Å². The first kappa shape index (κ1) is 20.5. The fourth-order valence-corrected chi connectivity index (χ4v) is 3.04. The van der Waals surface area contributed by atoms with E-state index in [9.17, 15) is 18.0 Å². The number of Topliss-reactive ketones (excluding diaryl/α,β-unsaturated/α-hetero) is 1. The number of carbonyl (C=O) groups is 1. The average Bonchev–Trinajstić information content (AvgIpc) is 2.73. The number of hydrogen-bond acceptors (Lipinski definition) is 3. The van der Waals surface area contributed by atoms with E-state index < -0.39 is 17.8 Å². The van der Waals surface area contributed by atoms with E-state index >= 15 is 0 Å². The third kappa shape index (κ3) is 5.16. The van der Waals surface area contributed by atoms with Crippen LogP contribution in [0.1, 0.15) is 33.9 Å². The molecule has 3 aromatic carbocycles. The van der Waals surface area contributed by atoms with E-state index in [0.29, 0.717) is 22.6 Å². The van der Waals surface area contributed by atoms with Gasteiger partial charge in [0.1, 0.15) is 5.75 Å². The third-order valence-corrected chi connectivity index (χ3v) is 4.56. The highest BCUT2D eigenvalue weighted by molar-refractivity contribution is 5.96. The number of para-hydroxylation sites is 2. The lowest BCUT2D eigenvalue weighted by Crippen LogP contribution is -2.16. The van der Waals surface area contributed by atoms with Crippen molar-refractivity contribution in [2.75, 3.05) is 12.4 Å². The quantitative estimate of drug-likeness (QED) is 0.485. The summed E-state index contributed by atoms with van der Waals surface area (Å²) in [5.74, 6) is 0.467. The molecule has 1 N–H and O–H groups in total. The van der Waals surface area contributed by atoms with E-state index in [-0.39, 0.29) is 12.2 Å². The monoisotopic (exact) mass is 399 g/mol. The molecule has 29 heavy (non-hydrogen) atoms. The Morgan fingerprint density at radius 3 is 2.17 bits per heavy atom. The van der Waals surface area contributed by atoms with Gasteiger partial charge in [-0.1, -0.05) is 54.6 Å². The summed E-state index contributed by atoms with van der Waals surface area (Å²) in [4.78, 5) is 12.7. The zero-order chi connectivity index (χ0) is 20.9. The summed E-state index contributed by atoms with van der Waals surface area (Å²) in [6, 6.07) is 20.3. The van der Waals surface area contributed by atoms with E-state index in [1.54, 1.807) is 36.4 Å². The summed E-state index contributed by atoms with van der Waals surface area (Å²) in [7, 11) is 1.53. The zero-order valence-electron chi connectivity index (χ0n) is 15.7. The van der Waals surface area contributed by atoms with Crippen molar-refractivity contribution < 1.29 is 22.7 Å². The summed E-state index contributed by atoms with van der Waals surface area (Å²) in [6.45, 7) is 0. The Kier molecular flexibility index (Phi) is 6.22. The van der Waals surface area contributed by atoms with Crippen LogP contribution in [-0.2, 0) is 6.18 Å². The summed E-state index contributed by atoms with van der Waals surface area (Å²) >= 11 is 0. The first-order valence-electron chi connectivity index (χ1n) is 9.03. The van der Waals surface area contributed by atoms with Crippen LogP contribution in [-0.4, -0.2) is 12.9 Å². The molecule has 0 aliphatic heterocycles. The number of rotatable bonds is 7. The summed E-state index contributed by atoms with van der Waals surface area (Å²) in [6.07, 6.45) is -4.34. The molecule has 0 radical (unpaired) electrons. The van der Waals surface area contributed by atoms with Gasteiger partial charge in [-0.05, 0) is 29.8 Å².